The van der Waals surface area contributed by atoms with Crippen molar-refractivity contribution in [2.45, 2.75) is 12.8 Å². The standard InChI is InChI=1S/C16H17NO5S2/c1-21-11-6-5-10(8-12(11)22-2)9-13-15(20)17(16(23)24-13)7-3-4-14(18)19/h5-6,8-9H,3-4,7H2,1-2H3,(H,18,19)/p-1/b13-9+. The van der Waals surface area contributed by atoms with Gasteiger partial charge in [-0.15, -0.1) is 0 Å². The van der Waals surface area contributed by atoms with Crippen molar-refractivity contribution in [3.05, 3.63) is 28.7 Å². The Bertz CT molecular complexity index is 702. The molecule has 0 atom stereocenters. The highest BCUT2D eigenvalue weighted by atomic mass is 32.2. The first-order chi connectivity index (χ1) is 11.5. The highest BCUT2D eigenvalue weighted by Gasteiger charge is 2.31. The van der Waals surface area contributed by atoms with E-state index in [-0.39, 0.29) is 18.9 Å². The number of rotatable bonds is 7. The molecule has 0 bridgehead atoms. The van der Waals surface area contributed by atoms with Crippen LogP contribution in [0.25, 0.3) is 6.08 Å². The van der Waals surface area contributed by atoms with Crippen LogP contribution < -0.4 is 14.6 Å². The molecule has 0 radical (unpaired) electrons. The van der Waals surface area contributed by atoms with Crippen LogP contribution in [0.5, 0.6) is 11.5 Å². The van der Waals surface area contributed by atoms with Crippen molar-refractivity contribution in [3.8, 4) is 11.5 Å². The van der Waals surface area contributed by atoms with Gasteiger partial charge < -0.3 is 19.4 Å². The molecule has 0 saturated carbocycles. The average Bonchev–Trinajstić information content (AvgIpc) is 2.81. The molecule has 1 saturated heterocycles. The number of methoxy groups -OCH3 is 2. The first-order valence-electron chi connectivity index (χ1n) is 7.13. The van der Waals surface area contributed by atoms with E-state index in [1.54, 1.807) is 32.4 Å². The number of hydrogen-bond donors (Lipinski definition) is 0. The number of aliphatic carboxylic acids is 1. The molecule has 128 valence electrons. The topological polar surface area (TPSA) is 78.9 Å². The van der Waals surface area contributed by atoms with E-state index in [1.807, 2.05) is 6.07 Å². The maximum absolute atomic E-state index is 12.4. The van der Waals surface area contributed by atoms with E-state index in [9.17, 15) is 14.7 Å². The summed E-state index contributed by atoms with van der Waals surface area (Å²) in [6.45, 7) is 0.266. The number of amides is 1. The summed E-state index contributed by atoms with van der Waals surface area (Å²) in [6.07, 6.45) is 1.92. The molecule has 1 aliphatic rings. The fraction of sp³-hybridized carbons (Fsp3) is 0.312. The molecule has 8 heteroatoms. The van der Waals surface area contributed by atoms with Gasteiger partial charge in [0.15, 0.2) is 11.5 Å². The molecule has 1 heterocycles. The largest absolute Gasteiger partial charge is 0.550 e. The zero-order valence-corrected chi connectivity index (χ0v) is 14.9. The SMILES string of the molecule is COc1ccc(/C=C2/SC(=S)N(CCCC(=O)[O-])C2=O)cc1OC. The van der Waals surface area contributed by atoms with Gasteiger partial charge in [-0.2, -0.15) is 0 Å². The van der Waals surface area contributed by atoms with Crippen molar-refractivity contribution >= 4 is 46.3 Å². The second-order valence-electron chi connectivity index (χ2n) is 4.92. The maximum Gasteiger partial charge on any atom is 0.266 e. The number of hydrogen-bond acceptors (Lipinski definition) is 7. The summed E-state index contributed by atoms with van der Waals surface area (Å²) in [6, 6.07) is 5.33. The molecule has 1 amide bonds. The fourth-order valence-electron chi connectivity index (χ4n) is 2.17. The summed E-state index contributed by atoms with van der Waals surface area (Å²) < 4.78 is 10.8. The number of carboxylic acids is 1. The number of carbonyl (C=O) groups excluding carboxylic acids is 2. The number of carbonyl (C=O) groups is 2. The lowest BCUT2D eigenvalue weighted by atomic mass is 10.2. The minimum absolute atomic E-state index is 0.105. The van der Waals surface area contributed by atoms with Crippen LogP contribution >= 0.6 is 24.0 Å². The molecule has 0 aliphatic carbocycles. The quantitative estimate of drug-likeness (QED) is 0.534. The molecule has 0 aromatic heterocycles. The highest BCUT2D eigenvalue weighted by Crippen LogP contribution is 2.34. The van der Waals surface area contributed by atoms with Crippen molar-refractivity contribution in [2.75, 3.05) is 20.8 Å². The first kappa shape index (κ1) is 18.3. The highest BCUT2D eigenvalue weighted by molar-refractivity contribution is 8.26. The van der Waals surface area contributed by atoms with Gasteiger partial charge >= 0.3 is 0 Å². The van der Waals surface area contributed by atoms with Crippen LogP contribution in [0, 0.1) is 0 Å². The van der Waals surface area contributed by atoms with Gasteiger partial charge in [-0.1, -0.05) is 30.0 Å². The van der Waals surface area contributed by atoms with Gasteiger partial charge in [-0.3, -0.25) is 9.69 Å². The summed E-state index contributed by atoms with van der Waals surface area (Å²) >= 11 is 6.39. The molecule has 0 unspecified atom stereocenters. The summed E-state index contributed by atoms with van der Waals surface area (Å²) in [5.74, 6) is -0.195. The minimum atomic E-state index is -1.14. The van der Waals surface area contributed by atoms with Crippen molar-refractivity contribution in [3.63, 3.8) is 0 Å². The van der Waals surface area contributed by atoms with Gasteiger partial charge in [-0.05, 0) is 36.6 Å². The molecule has 24 heavy (non-hydrogen) atoms. The Morgan fingerprint density at radius 3 is 2.67 bits per heavy atom. The summed E-state index contributed by atoms with van der Waals surface area (Å²) in [5.41, 5.74) is 0.780. The maximum atomic E-state index is 12.4. The summed E-state index contributed by atoms with van der Waals surface area (Å²) in [7, 11) is 3.09. The van der Waals surface area contributed by atoms with Crippen LogP contribution in [0.3, 0.4) is 0 Å². The van der Waals surface area contributed by atoms with E-state index in [1.165, 1.54) is 16.7 Å². The number of nitrogens with zero attached hydrogens (tertiary/aromatic N) is 1. The Labute approximate surface area is 149 Å². The molecule has 1 aromatic carbocycles. The third kappa shape index (κ3) is 4.27. The van der Waals surface area contributed by atoms with Gasteiger partial charge in [-0.25, -0.2) is 0 Å². The zero-order chi connectivity index (χ0) is 17.7. The van der Waals surface area contributed by atoms with Gasteiger partial charge in [0.25, 0.3) is 5.91 Å². The Balaban J connectivity index is 2.14. The monoisotopic (exact) mass is 366 g/mol. The van der Waals surface area contributed by atoms with Crippen LogP contribution in [-0.4, -0.2) is 41.9 Å². The average molecular weight is 366 g/mol. The second-order valence-corrected chi connectivity index (χ2v) is 6.60. The molecule has 0 spiro atoms. The molecule has 1 fully saturated rings. The van der Waals surface area contributed by atoms with Gasteiger partial charge in [0, 0.05) is 12.5 Å². The van der Waals surface area contributed by atoms with E-state index in [4.69, 9.17) is 21.7 Å². The minimum Gasteiger partial charge on any atom is -0.550 e. The lowest BCUT2D eigenvalue weighted by Crippen LogP contribution is -2.30. The molecule has 6 nitrogen and oxygen atoms in total. The molecule has 0 N–H and O–H groups in total. The number of benzene rings is 1. The van der Waals surface area contributed by atoms with E-state index in [0.717, 1.165) is 5.56 Å². The van der Waals surface area contributed by atoms with Gasteiger partial charge in [0.05, 0.1) is 19.1 Å². The summed E-state index contributed by atoms with van der Waals surface area (Å²) in [4.78, 5) is 24.8. The number of ether oxygens (including phenoxy) is 2. The van der Waals surface area contributed by atoms with Crippen molar-refractivity contribution < 1.29 is 24.2 Å². The predicted octanol–water partition coefficient (Wildman–Crippen LogP) is 1.44. The molecule has 2 rings (SSSR count). The van der Waals surface area contributed by atoms with Gasteiger partial charge in [0.1, 0.15) is 4.32 Å². The molecular weight excluding hydrogens is 350 g/mol. The van der Waals surface area contributed by atoms with Crippen molar-refractivity contribution in [2.24, 2.45) is 0 Å². The Morgan fingerprint density at radius 1 is 1.33 bits per heavy atom. The third-order valence-corrected chi connectivity index (χ3v) is 4.72. The molecule has 1 aliphatic heterocycles. The first-order valence-corrected chi connectivity index (χ1v) is 8.36. The zero-order valence-electron chi connectivity index (χ0n) is 13.2. The van der Waals surface area contributed by atoms with Crippen molar-refractivity contribution in [1.82, 2.24) is 4.90 Å². The van der Waals surface area contributed by atoms with Crippen LogP contribution in [0.2, 0.25) is 0 Å². The second kappa shape index (κ2) is 8.16. The smallest absolute Gasteiger partial charge is 0.266 e. The Morgan fingerprint density at radius 2 is 2.04 bits per heavy atom. The predicted molar refractivity (Wildman–Crippen MR) is 93.7 cm³/mol. The van der Waals surface area contributed by atoms with E-state index in [2.05, 4.69) is 0 Å². The van der Waals surface area contributed by atoms with Gasteiger partial charge in [0.2, 0.25) is 0 Å². The van der Waals surface area contributed by atoms with Crippen LogP contribution in [0.15, 0.2) is 23.1 Å². The van der Waals surface area contributed by atoms with Crippen LogP contribution in [0.1, 0.15) is 18.4 Å². The fourth-order valence-corrected chi connectivity index (χ4v) is 3.48. The summed E-state index contributed by atoms with van der Waals surface area (Å²) in [5, 5.41) is 10.5. The number of carboxylic acid groups (broad SMARTS) is 1. The molecule has 1 aromatic rings. The third-order valence-electron chi connectivity index (χ3n) is 3.34. The van der Waals surface area contributed by atoms with Crippen LogP contribution in [-0.2, 0) is 9.59 Å². The Kier molecular flexibility index (Phi) is 6.22. The van der Waals surface area contributed by atoms with E-state index in [0.29, 0.717) is 27.1 Å². The normalized spacial score (nSPS) is 15.9. The van der Waals surface area contributed by atoms with Crippen LogP contribution in [0.4, 0.5) is 0 Å². The number of thiocarbonyl (C=S) groups is 1. The van der Waals surface area contributed by atoms with E-state index < -0.39 is 5.97 Å². The van der Waals surface area contributed by atoms with E-state index >= 15 is 0 Å². The lowest BCUT2D eigenvalue weighted by Gasteiger charge is -2.14. The van der Waals surface area contributed by atoms with Crippen molar-refractivity contribution in [1.29, 1.82) is 0 Å². The number of thioether (sulfide) groups is 1. The molecular formula is C16H16NO5S2-. The lowest BCUT2D eigenvalue weighted by molar-refractivity contribution is -0.305. The Hall–Kier alpha value is -2.06.